The van der Waals surface area contributed by atoms with E-state index >= 15 is 0 Å². The van der Waals surface area contributed by atoms with E-state index in [4.69, 9.17) is 9.47 Å². The van der Waals surface area contributed by atoms with Crippen molar-refractivity contribution in [1.29, 1.82) is 0 Å². The molecular weight excluding hydrogens is 374 g/mol. The van der Waals surface area contributed by atoms with Crippen LogP contribution in [0.25, 0.3) is 10.6 Å². The number of thiophene rings is 1. The van der Waals surface area contributed by atoms with Crippen molar-refractivity contribution in [3.8, 4) is 22.1 Å². The summed E-state index contributed by atoms with van der Waals surface area (Å²) in [4.78, 5) is 20.9. The number of nitrogens with one attached hydrogen (secondary N) is 2. The molecule has 0 saturated carbocycles. The van der Waals surface area contributed by atoms with Crippen molar-refractivity contribution in [1.82, 2.24) is 15.3 Å². The number of carbonyl (C=O) groups is 1. The minimum Gasteiger partial charge on any atom is -0.493 e. The van der Waals surface area contributed by atoms with E-state index in [1.165, 1.54) is 0 Å². The number of rotatable bonds is 10. The molecule has 6 nitrogen and oxygen atoms in total. The Kier molecular flexibility index (Phi) is 7.08. The van der Waals surface area contributed by atoms with Gasteiger partial charge in [0.2, 0.25) is 5.91 Å². The van der Waals surface area contributed by atoms with Gasteiger partial charge in [0.15, 0.2) is 11.5 Å². The number of nitrogens with zero attached hydrogens (tertiary/aromatic N) is 1. The van der Waals surface area contributed by atoms with Crippen LogP contribution in [0.1, 0.15) is 24.6 Å². The van der Waals surface area contributed by atoms with Gasteiger partial charge in [-0.05, 0) is 42.5 Å². The van der Waals surface area contributed by atoms with Crippen LogP contribution < -0.4 is 14.8 Å². The zero-order valence-electron chi connectivity index (χ0n) is 16.2. The van der Waals surface area contributed by atoms with Crippen LogP contribution in [0.3, 0.4) is 0 Å². The van der Waals surface area contributed by atoms with Gasteiger partial charge in [-0.3, -0.25) is 4.79 Å². The van der Waals surface area contributed by atoms with Gasteiger partial charge in [0.25, 0.3) is 0 Å². The summed E-state index contributed by atoms with van der Waals surface area (Å²) in [7, 11) is 1.62. The summed E-state index contributed by atoms with van der Waals surface area (Å²) in [6, 6.07) is 9.85. The SMILES string of the molecule is CCOc1ccc(CCC(=O)NCCc2[nH]cnc2-c2cccs2)cc1OC. The first-order chi connectivity index (χ1) is 13.7. The number of imidazole rings is 1. The number of aryl methyl sites for hydroxylation is 1. The number of benzene rings is 1. The molecule has 0 unspecified atom stereocenters. The first-order valence-corrected chi connectivity index (χ1v) is 10.2. The Morgan fingerprint density at radius 2 is 2.14 bits per heavy atom. The normalized spacial score (nSPS) is 10.6. The summed E-state index contributed by atoms with van der Waals surface area (Å²) < 4.78 is 10.9. The molecule has 0 saturated heterocycles. The zero-order chi connectivity index (χ0) is 19.8. The summed E-state index contributed by atoms with van der Waals surface area (Å²) in [5.41, 5.74) is 3.05. The molecule has 1 amide bonds. The first kappa shape index (κ1) is 19.9. The lowest BCUT2D eigenvalue weighted by Crippen LogP contribution is -2.26. The van der Waals surface area contributed by atoms with Crippen molar-refractivity contribution in [2.45, 2.75) is 26.2 Å². The second-order valence-electron chi connectivity index (χ2n) is 6.23. The average Bonchev–Trinajstić information content (AvgIpc) is 3.39. The molecule has 148 valence electrons. The third kappa shape index (κ3) is 5.13. The van der Waals surface area contributed by atoms with Gasteiger partial charge in [-0.1, -0.05) is 12.1 Å². The highest BCUT2D eigenvalue weighted by Gasteiger charge is 2.10. The molecule has 0 radical (unpaired) electrons. The van der Waals surface area contributed by atoms with Crippen LogP contribution >= 0.6 is 11.3 Å². The molecule has 3 rings (SSSR count). The standard InChI is InChI=1S/C21H25N3O3S/c1-3-27-17-8-6-15(13-18(17)26-2)7-9-20(25)22-11-10-16-21(24-14-23-16)19-5-4-12-28-19/h4-6,8,12-14H,3,7,9-11H2,1-2H3,(H,22,25)(H,23,24). The number of aromatic amines is 1. The molecule has 28 heavy (non-hydrogen) atoms. The highest BCUT2D eigenvalue weighted by molar-refractivity contribution is 7.13. The molecule has 0 atom stereocenters. The fourth-order valence-electron chi connectivity index (χ4n) is 2.95. The summed E-state index contributed by atoms with van der Waals surface area (Å²) in [6.07, 6.45) is 3.50. The molecule has 7 heteroatoms. The number of amides is 1. The van der Waals surface area contributed by atoms with Crippen LogP contribution in [0.2, 0.25) is 0 Å². The second-order valence-corrected chi connectivity index (χ2v) is 7.17. The number of aromatic nitrogens is 2. The van der Waals surface area contributed by atoms with E-state index in [1.807, 2.05) is 42.6 Å². The summed E-state index contributed by atoms with van der Waals surface area (Å²) >= 11 is 1.66. The number of hydrogen-bond donors (Lipinski definition) is 2. The first-order valence-electron chi connectivity index (χ1n) is 9.33. The molecule has 0 aliphatic rings. The second kappa shape index (κ2) is 9.94. The van der Waals surface area contributed by atoms with Crippen LogP contribution in [0.15, 0.2) is 42.0 Å². The Morgan fingerprint density at radius 1 is 1.25 bits per heavy atom. The van der Waals surface area contributed by atoms with Crippen LogP contribution in [0, 0.1) is 0 Å². The van der Waals surface area contributed by atoms with E-state index in [9.17, 15) is 4.79 Å². The zero-order valence-corrected chi connectivity index (χ0v) is 17.0. The fraction of sp³-hybridized carbons (Fsp3) is 0.333. The van der Waals surface area contributed by atoms with Crippen LogP contribution in [-0.4, -0.2) is 36.1 Å². The molecular formula is C21H25N3O3S. The highest BCUT2D eigenvalue weighted by atomic mass is 32.1. The maximum Gasteiger partial charge on any atom is 0.220 e. The average molecular weight is 400 g/mol. The maximum absolute atomic E-state index is 12.2. The van der Waals surface area contributed by atoms with Gasteiger partial charge >= 0.3 is 0 Å². The molecule has 0 spiro atoms. The van der Waals surface area contributed by atoms with E-state index in [0.717, 1.165) is 34.0 Å². The Hall–Kier alpha value is -2.80. The maximum atomic E-state index is 12.2. The lowest BCUT2D eigenvalue weighted by molar-refractivity contribution is -0.121. The summed E-state index contributed by atoms with van der Waals surface area (Å²) in [5, 5.41) is 5.02. The number of ether oxygens (including phenoxy) is 2. The molecule has 0 aliphatic carbocycles. The lowest BCUT2D eigenvalue weighted by Gasteiger charge is -2.11. The third-order valence-corrected chi connectivity index (χ3v) is 5.22. The van der Waals surface area contributed by atoms with Gasteiger partial charge in [-0.25, -0.2) is 4.98 Å². The van der Waals surface area contributed by atoms with E-state index in [1.54, 1.807) is 24.8 Å². The molecule has 0 aliphatic heterocycles. The fourth-order valence-corrected chi connectivity index (χ4v) is 3.70. The van der Waals surface area contributed by atoms with Crippen molar-refractivity contribution >= 4 is 17.2 Å². The number of hydrogen-bond acceptors (Lipinski definition) is 5. The topological polar surface area (TPSA) is 76.2 Å². The van der Waals surface area contributed by atoms with Crippen molar-refractivity contribution in [2.24, 2.45) is 0 Å². The molecule has 3 aromatic rings. The van der Waals surface area contributed by atoms with Crippen molar-refractivity contribution in [3.63, 3.8) is 0 Å². The Bertz CT molecular complexity index is 890. The molecule has 2 heterocycles. The third-order valence-electron chi connectivity index (χ3n) is 4.34. The minimum atomic E-state index is 0.0324. The van der Waals surface area contributed by atoms with Gasteiger partial charge in [0, 0.05) is 25.1 Å². The van der Waals surface area contributed by atoms with Crippen LogP contribution in [0.4, 0.5) is 0 Å². The van der Waals surface area contributed by atoms with Gasteiger partial charge in [0.05, 0.1) is 24.9 Å². The van der Waals surface area contributed by atoms with Gasteiger partial charge in [-0.15, -0.1) is 11.3 Å². The van der Waals surface area contributed by atoms with Gasteiger partial charge in [-0.2, -0.15) is 0 Å². The van der Waals surface area contributed by atoms with Crippen molar-refractivity contribution in [3.05, 3.63) is 53.3 Å². The smallest absolute Gasteiger partial charge is 0.220 e. The number of carbonyl (C=O) groups excluding carboxylic acids is 1. The highest BCUT2D eigenvalue weighted by Crippen LogP contribution is 2.28. The lowest BCUT2D eigenvalue weighted by atomic mass is 10.1. The Balaban J connectivity index is 1.46. The molecule has 2 N–H and O–H groups in total. The van der Waals surface area contributed by atoms with E-state index in [2.05, 4.69) is 15.3 Å². The van der Waals surface area contributed by atoms with Crippen LogP contribution in [-0.2, 0) is 17.6 Å². The van der Waals surface area contributed by atoms with Crippen molar-refractivity contribution in [2.75, 3.05) is 20.3 Å². The number of methoxy groups -OCH3 is 1. The predicted molar refractivity (Wildman–Crippen MR) is 111 cm³/mol. The van der Waals surface area contributed by atoms with Crippen molar-refractivity contribution < 1.29 is 14.3 Å². The monoisotopic (exact) mass is 399 g/mol. The number of H-pyrrole nitrogens is 1. The van der Waals surface area contributed by atoms with Crippen LogP contribution in [0.5, 0.6) is 11.5 Å². The van der Waals surface area contributed by atoms with Gasteiger partial charge in [0.1, 0.15) is 5.69 Å². The Morgan fingerprint density at radius 3 is 2.89 bits per heavy atom. The van der Waals surface area contributed by atoms with E-state index in [0.29, 0.717) is 31.7 Å². The molecule has 2 aromatic heterocycles. The predicted octanol–water partition coefficient (Wildman–Crippen LogP) is 3.84. The quantitative estimate of drug-likeness (QED) is 0.543. The van der Waals surface area contributed by atoms with E-state index in [-0.39, 0.29) is 5.91 Å². The van der Waals surface area contributed by atoms with E-state index < -0.39 is 0 Å². The minimum absolute atomic E-state index is 0.0324. The summed E-state index contributed by atoms with van der Waals surface area (Å²) in [5.74, 6) is 1.45. The molecule has 1 aromatic carbocycles. The van der Waals surface area contributed by atoms with Gasteiger partial charge < -0.3 is 19.8 Å². The summed E-state index contributed by atoms with van der Waals surface area (Å²) in [6.45, 7) is 3.10. The Labute approximate surface area is 168 Å². The molecule has 0 fully saturated rings. The molecule has 0 bridgehead atoms. The largest absolute Gasteiger partial charge is 0.493 e.